The zero-order valence-electron chi connectivity index (χ0n) is 15.8. The van der Waals surface area contributed by atoms with Gasteiger partial charge in [0.1, 0.15) is 5.75 Å². The summed E-state index contributed by atoms with van der Waals surface area (Å²) in [5.41, 5.74) is 4.01. The van der Waals surface area contributed by atoms with Crippen LogP contribution in [0, 0.1) is 13.8 Å². The number of nitrogens with zero attached hydrogens (tertiary/aromatic N) is 2. The van der Waals surface area contributed by atoms with Crippen LogP contribution < -0.4 is 9.64 Å². The number of rotatable bonds is 6. The molecule has 0 fully saturated rings. The van der Waals surface area contributed by atoms with Gasteiger partial charge in [-0.05, 0) is 50.1 Å². The highest BCUT2D eigenvalue weighted by atomic mass is 35.5. The first-order valence-corrected chi connectivity index (χ1v) is 10.4. The number of thiazole rings is 1. The smallest absolute Gasteiger partial charge is 0.190 e. The molecule has 6 heteroatoms. The van der Waals surface area contributed by atoms with Gasteiger partial charge in [-0.15, -0.1) is 11.3 Å². The minimum Gasteiger partial charge on any atom is -0.495 e. The van der Waals surface area contributed by atoms with E-state index in [1.807, 2.05) is 24.3 Å². The van der Waals surface area contributed by atoms with E-state index in [4.69, 9.17) is 32.9 Å². The van der Waals surface area contributed by atoms with Gasteiger partial charge >= 0.3 is 0 Å². The fourth-order valence-electron chi connectivity index (χ4n) is 3.10. The van der Waals surface area contributed by atoms with Crippen molar-refractivity contribution < 1.29 is 4.74 Å². The number of aromatic nitrogens is 1. The molecule has 1 aromatic heterocycles. The fraction of sp³-hybridized carbons (Fsp3) is 0.286. The highest BCUT2D eigenvalue weighted by Crippen LogP contribution is 2.42. The summed E-state index contributed by atoms with van der Waals surface area (Å²) in [4.78, 5) is 8.29. The predicted molar refractivity (Wildman–Crippen MR) is 117 cm³/mol. The third kappa shape index (κ3) is 4.08. The lowest BCUT2D eigenvalue weighted by Gasteiger charge is -2.25. The fourth-order valence-corrected chi connectivity index (χ4v) is 4.55. The van der Waals surface area contributed by atoms with E-state index in [1.54, 1.807) is 24.5 Å². The van der Waals surface area contributed by atoms with Crippen LogP contribution in [-0.4, -0.2) is 18.6 Å². The van der Waals surface area contributed by atoms with Gasteiger partial charge in [-0.2, -0.15) is 0 Å². The third-order valence-corrected chi connectivity index (χ3v) is 5.88. The van der Waals surface area contributed by atoms with Gasteiger partial charge in [0.25, 0.3) is 0 Å². The molecule has 142 valence electrons. The topological polar surface area (TPSA) is 25.4 Å². The summed E-state index contributed by atoms with van der Waals surface area (Å²) in [6.45, 7) is 7.18. The van der Waals surface area contributed by atoms with Gasteiger partial charge in [0.2, 0.25) is 0 Å². The SMILES string of the molecule is CCCN(c1nc(-c2ccc(Cl)cc2Cl)c(C)s1)c1c(C)cccc1OC. The first-order chi connectivity index (χ1) is 13.0. The summed E-state index contributed by atoms with van der Waals surface area (Å²) in [7, 11) is 1.70. The molecule has 0 radical (unpaired) electrons. The standard InChI is InChI=1S/C21H22Cl2N2OS/c1-5-11-25(20-13(2)7-6-8-18(20)26-4)21-24-19(14(3)27-21)16-10-9-15(22)12-17(16)23/h6-10,12H,5,11H2,1-4H3. The van der Waals surface area contributed by atoms with Gasteiger partial charge in [-0.3, -0.25) is 0 Å². The van der Waals surface area contributed by atoms with Crippen molar-refractivity contribution in [3.8, 4) is 17.0 Å². The summed E-state index contributed by atoms with van der Waals surface area (Å²) >= 11 is 14.1. The first-order valence-electron chi connectivity index (χ1n) is 8.80. The maximum absolute atomic E-state index is 6.42. The monoisotopic (exact) mass is 420 g/mol. The number of aryl methyl sites for hydroxylation is 2. The molecule has 2 aromatic carbocycles. The zero-order valence-corrected chi connectivity index (χ0v) is 18.2. The number of methoxy groups -OCH3 is 1. The molecule has 0 aliphatic heterocycles. The number of hydrogen-bond donors (Lipinski definition) is 0. The molecular formula is C21H22Cl2N2OS. The minimum absolute atomic E-state index is 0.609. The highest BCUT2D eigenvalue weighted by molar-refractivity contribution is 7.16. The highest BCUT2D eigenvalue weighted by Gasteiger charge is 2.21. The summed E-state index contributed by atoms with van der Waals surface area (Å²) in [5, 5.41) is 2.16. The van der Waals surface area contributed by atoms with Crippen LogP contribution in [0.5, 0.6) is 5.75 Å². The lowest BCUT2D eigenvalue weighted by molar-refractivity contribution is 0.415. The number of hydrogen-bond acceptors (Lipinski definition) is 4. The summed E-state index contributed by atoms with van der Waals surface area (Å²) in [6, 6.07) is 11.6. The van der Waals surface area contributed by atoms with Crippen molar-refractivity contribution in [2.24, 2.45) is 0 Å². The maximum Gasteiger partial charge on any atom is 0.190 e. The molecule has 0 atom stereocenters. The Kier molecular flexibility index (Phi) is 6.30. The van der Waals surface area contributed by atoms with E-state index in [0.717, 1.165) is 51.2 Å². The van der Waals surface area contributed by atoms with Crippen molar-refractivity contribution in [1.82, 2.24) is 4.98 Å². The van der Waals surface area contributed by atoms with Gasteiger partial charge < -0.3 is 9.64 Å². The number of anilines is 2. The van der Waals surface area contributed by atoms with E-state index < -0.39 is 0 Å². The average Bonchev–Trinajstić information content (AvgIpc) is 3.01. The lowest BCUT2D eigenvalue weighted by atomic mass is 10.1. The molecule has 0 spiro atoms. The molecule has 0 unspecified atom stereocenters. The Labute approximate surface area is 174 Å². The van der Waals surface area contributed by atoms with Crippen LogP contribution in [-0.2, 0) is 0 Å². The molecule has 0 saturated heterocycles. The predicted octanol–water partition coefficient (Wildman–Crippen LogP) is 7.29. The summed E-state index contributed by atoms with van der Waals surface area (Å²) in [6.07, 6.45) is 0.993. The molecule has 3 aromatic rings. The molecule has 0 aliphatic carbocycles. The second-order valence-corrected chi connectivity index (χ2v) is 8.33. The molecule has 0 bridgehead atoms. The number of para-hydroxylation sites is 1. The Morgan fingerprint density at radius 3 is 2.59 bits per heavy atom. The molecule has 0 N–H and O–H groups in total. The van der Waals surface area contributed by atoms with Crippen molar-refractivity contribution in [2.75, 3.05) is 18.6 Å². The maximum atomic E-state index is 6.42. The van der Waals surface area contributed by atoms with Crippen LogP contribution in [0.3, 0.4) is 0 Å². The van der Waals surface area contributed by atoms with Crippen molar-refractivity contribution in [3.63, 3.8) is 0 Å². The van der Waals surface area contributed by atoms with E-state index in [9.17, 15) is 0 Å². The first kappa shape index (κ1) is 20.0. The van der Waals surface area contributed by atoms with Gasteiger partial charge in [0.15, 0.2) is 5.13 Å². The molecule has 1 heterocycles. The van der Waals surface area contributed by atoms with Crippen molar-refractivity contribution in [1.29, 1.82) is 0 Å². The molecule has 3 nitrogen and oxygen atoms in total. The number of halogens is 2. The van der Waals surface area contributed by atoms with E-state index >= 15 is 0 Å². The summed E-state index contributed by atoms with van der Waals surface area (Å²) in [5.74, 6) is 0.849. The minimum atomic E-state index is 0.609. The third-order valence-electron chi connectivity index (χ3n) is 4.34. The molecule has 0 aliphatic rings. The second kappa shape index (κ2) is 8.51. The van der Waals surface area contributed by atoms with Crippen LogP contribution in [0.25, 0.3) is 11.3 Å². The van der Waals surface area contributed by atoms with Crippen molar-refractivity contribution in [2.45, 2.75) is 27.2 Å². The molecule has 0 amide bonds. The van der Waals surface area contributed by atoms with E-state index in [1.165, 1.54) is 0 Å². The Balaban J connectivity index is 2.11. The Hall–Kier alpha value is -1.75. The van der Waals surface area contributed by atoms with Crippen LogP contribution in [0.15, 0.2) is 36.4 Å². The van der Waals surface area contributed by atoms with Gasteiger partial charge in [-0.25, -0.2) is 4.98 Å². The van der Waals surface area contributed by atoms with Crippen molar-refractivity contribution >= 4 is 45.4 Å². The van der Waals surface area contributed by atoms with E-state index in [2.05, 4.69) is 31.7 Å². The molecular weight excluding hydrogens is 399 g/mol. The van der Waals surface area contributed by atoms with Gasteiger partial charge in [0.05, 0.1) is 23.5 Å². The van der Waals surface area contributed by atoms with Gasteiger partial charge in [-0.1, -0.05) is 42.3 Å². The van der Waals surface area contributed by atoms with Crippen LogP contribution in [0.1, 0.15) is 23.8 Å². The van der Waals surface area contributed by atoms with E-state index in [-0.39, 0.29) is 0 Å². The number of ether oxygens (including phenoxy) is 1. The Bertz CT molecular complexity index is 955. The van der Waals surface area contributed by atoms with Crippen LogP contribution in [0.2, 0.25) is 10.0 Å². The zero-order chi connectivity index (χ0) is 19.6. The average molecular weight is 421 g/mol. The quantitative estimate of drug-likeness (QED) is 0.418. The second-order valence-electron chi connectivity index (χ2n) is 6.30. The number of benzene rings is 2. The largest absolute Gasteiger partial charge is 0.495 e. The lowest BCUT2D eigenvalue weighted by Crippen LogP contribution is -2.19. The van der Waals surface area contributed by atoms with E-state index in [0.29, 0.717) is 10.0 Å². The Morgan fingerprint density at radius 2 is 1.93 bits per heavy atom. The van der Waals surface area contributed by atoms with Crippen LogP contribution in [0.4, 0.5) is 10.8 Å². The van der Waals surface area contributed by atoms with Crippen LogP contribution >= 0.6 is 34.5 Å². The van der Waals surface area contributed by atoms with Crippen molar-refractivity contribution in [3.05, 3.63) is 56.9 Å². The molecule has 0 saturated carbocycles. The van der Waals surface area contributed by atoms with Gasteiger partial charge in [0, 0.05) is 22.0 Å². The summed E-state index contributed by atoms with van der Waals surface area (Å²) < 4.78 is 5.63. The Morgan fingerprint density at radius 1 is 1.15 bits per heavy atom. The molecule has 27 heavy (non-hydrogen) atoms. The normalized spacial score (nSPS) is 10.9. The molecule has 3 rings (SSSR count).